The van der Waals surface area contributed by atoms with Crippen molar-refractivity contribution in [2.24, 2.45) is 0 Å². The molecule has 3 rings (SSSR count). The van der Waals surface area contributed by atoms with Crippen LogP contribution in [0.15, 0.2) is 36.4 Å². The zero-order valence-electron chi connectivity index (χ0n) is 15.9. The molecule has 0 bridgehead atoms. The Bertz CT molecular complexity index is 788. The number of benzene rings is 2. The predicted octanol–water partition coefficient (Wildman–Crippen LogP) is 3.15. The van der Waals surface area contributed by atoms with Crippen LogP contribution < -0.4 is 19.5 Å². The monoisotopic (exact) mass is 371 g/mol. The van der Waals surface area contributed by atoms with Crippen LogP contribution in [0.5, 0.6) is 17.2 Å². The van der Waals surface area contributed by atoms with Crippen molar-refractivity contribution in [2.45, 2.75) is 19.4 Å². The Morgan fingerprint density at radius 3 is 2.48 bits per heavy atom. The van der Waals surface area contributed by atoms with Crippen molar-refractivity contribution in [3.05, 3.63) is 53.1 Å². The average molecular weight is 371 g/mol. The van der Waals surface area contributed by atoms with Crippen molar-refractivity contribution in [1.82, 2.24) is 5.32 Å². The maximum atomic E-state index is 11.7. The highest BCUT2D eigenvalue weighted by Crippen LogP contribution is 2.35. The highest BCUT2D eigenvalue weighted by Gasteiger charge is 2.23. The lowest BCUT2D eigenvalue weighted by molar-refractivity contribution is 0.0526. The van der Waals surface area contributed by atoms with Crippen LogP contribution in [0.3, 0.4) is 0 Å². The molecule has 144 valence electrons. The molecule has 0 unspecified atom stereocenters. The van der Waals surface area contributed by atoms with E-state index in [9.17, 15) is 4.79 Å². The van der Waals surface area contributed by atoms with Gasteiger partial charge in [-0.05, 0) is 67.4 Å². The number of rotatable bonds is 7. The van der Waals surface area contributed by atoms with E-state index >= 15 is 0 Å². The molecular weight excluding hydrogens is 346 g/mol. The van der Waals surface area contributed by atoms with Crippen LogP contribution in [0.1, 0.15) is 34.5 Å². The van der Waals surface area contributed by atoms with Gasteiger partial charge in [-0.2, -0.15) is 0 Å². The van der Waals surface area contributed by atoms with Crippen LogP contribution in [0.4, 0.5) is 0 Å². The third-order valence-corrected chi connectivity index (χ3v) is 4.59. The number of esters is 1. The summed E-state index contributed by atoms with van der Waals surface area (Å²) in [6.07, 6.45) is 0.931. The van der Waals surface area contributed by atoms with E-state index < -0.39 is 0 Å². The molecule has 6 nitrogen and oxygen atoms in total. The van der Waals surface area contributed by atoms with Gasteiger partial charge in [-0.25, -0.2) is 4.79 Å². The Morgan fingerprint density at radius 1 is 1.11 bits per heavy atom. The number of carbonyl (C=O) groups excluding carboxylic acids is 1. The summed E-state index contributed by atoms with van der Waals surface area (Å²) in [6.45, 7) is 3.49. The zero-order chi connectivity index (χ0) is 19.2. The fourth-order valence-corrected chi connectivity index (χ4v) is 3.20. The van der Waals surface area contributed by atoms with Gasteiger partial charge in [0.1, 0.15) is 12.4 Å². The first kappa shape index (κ1) is 19.0. The fourth-order valence-electron chi connectivity index (χ4n) is 3.20. The zero-order valence-corrected chi connectivity index (χ0v) is 15.9. The van der Waals surface area contributed by atoms with Crippen LogP contribution in [-0.2, 0) is 11.2 Å². The van der Waals surface area contributed by atoms with Gasteiger partial charge < -0.3 is 24.3 Å². The number of fused-ring (bicyclic) bond motifs is 1. The van der Waals surface area contributed by atoms with Crippen molar-refractivity contribution in [3.8, 4) is 17.2 Å². The average Bonchev–Trinajstić information content (AvgIpc) is 2.71. The lowest BCUT2D eigenvalue weighted by atomic mass is 9.94. The largest absolute Gasteiger partial charge is 0.493 e. The number of hydrogen-bond donors (Lipinski definition) is 1. The molecule has 0 saturated heterocycles. The molecule has 0 radical (unpaired) electrons. The van der Waals surface area contributed by atoms with Gasteiger partial charge in [0.25, 0.3) is 0 Å². The smallest absolute Gasteiger partial charge is 0.338 e. The molecule has 1 heterocycles. The van der Waals surface area contributed by atoms with Gasteiger partial charge in [0.05, 0.1) is 32.4 Å². The maximum absolute atomic E-state index is 11.7. The summed E-state index contributed by atoms with van der Waals surface area (Å²) in [7, 11) is 3.28. The number of methoxy groups -OCH3 is 2. The maximum Gasteiger partial charge on any atom is 0.338 e. The lowest BCUT2D eigenvalue weighted by Crippen LogP contribution is -2.33. The third kappa shape index (κ3) is 4.34. The van der Waals surface area contributed by atoms with Gasteiger partial charge in [-0.1, -0.05) is 0 Å². The second-order valence-electron chi connectivity index (χ2n) is 6.22. The molecule has 2 aromatic rings. The van der Waals surface area contributed by atoms with Crippen LogP contribution in [-0.4, -0.2) is 39.9 Å². The molecule has 1 aliphatic rings. The van der Waals surface area contributed by atoms with Crippen LogP contribution in [0, 0.1) is 0 Å². The second-order valence-corrected chi connectivity index (χ2v) is 6.22. The predicted molar refractivity (Wildman–Crippen MR) is 102 cm³/mol. The van der Waals surface area contributed by atoms with Crippen LogP contribution in [0.2, 0.25) is 0 Å². The molecule has 0 spiro atoms. The minimum absolute atomic E-state index is 0.0540. The van der Waals surface area contributed by atoms with E-state index in [2.05, 4.69) is 5.32 Å². The lowest BCUT2D eigenvalue weighted by Gasteiger charge is -2.28. The third-order valence-electron chi connectivity index (χ3n) is 4.59. The van der Waals surface area contributed by atoms with Gasteiger partial charge in [-0.3, -0.25) is 0 Å². The minimum atomic E-state index is -0.326. The Labute approximate surface area is 159 Å². The highest BCUT2D eigenvalue weighted by molar-refractivity contribution is 5.89. The first-order chi connectivity index (χ1) is 13.2. The fraction of sp³-hybridized carbons (Fsp3) is 0.381. The summed E-state index contributed by atoms with van der Waals surface area (Å²) in [5, 5.41) is 3.49. The Balaban J connectivity index is 1.70. The van der Waals surface area contributed by atoms with Crippen molar-refractivity contribution in [1.29, 1.82) is 0 Å². The summed E-state index contributed by atoms with van der Waals surface area (Å²) >= 11 is 0. The highest BCUT2D eigenvalue weighted by atomic mass is 16.5. The molecule has 0 aliphatic carbocycles. The Kier molecular flexibility index (Phi) is 6.19. The number of nitrogens with one attached hydrogen (secondary N) is 1. The van der Waals surface area contributed by atoms with Gasteiger partial charge in [0.15, 0.2) is 11.5 Å². The van der Waals surface area contributed by atoms with E-state index in [1.165, 1.54) is 5.56 Å². The topological polar surface area (TPSA) is 66.0 Å². The van der Waals surface area contributed by atoms with Crippen molar-refractivity contribution in [3.63, 3.8) is 0 Å². The van der Waals surface area contributed by atoms with Gasteiger partial charge in [0, 0.05) is 0 Å². The summed E-state index contributed by atoms with van der Waals surface area (Å²) < 4.78 is 21.8. The van der Waals surface area contributed by atoms with Crippen molar-refractivity contribution < 1.29 is 23.7 Å². The van der Waals surface area contributed by atoms with Crippen LogP contribution in [0.25, 0.3) is 0 Å². The molecular formula is C21H25NO5. The van der Waals surface area contributed by atoms with Gasteiger partial charge in [-0.15, -0.1) is 0 Å². The second kappa shape index (κ2) is 8.77. The van der Waals surface area contributed by atoms with Gasteiger partial charge >= 0.3 is 5.97 Å². The number of hydrogen-bond acceptors (Lipinski definition) is 6. The summed E-state index contributed by atoms with van der Waals surface area (Å²) in [5.74, 6) is 1.83. The molecule has 0 aromatic heterocycles. The molecule has 0 saturated carbocycles. The van der Waals surface area contributed by atoms with Crippen LogP contribution >= 0.6 is 0 Å². The van der Waals surface area contributed by atoms with E-state index in [-0.39, 0.29) is 12.0 Å². The minimum Gasteiger partial charge on any atom is -0.493 e. The van der Waals surface area contributed by atoms with E-state index in [4.69, 9.17) is 18.9 Å². The molecule has 1 atom stereocenters. The Morgan fingerprint density at radius 2 is 1.81 bits per heavy atom. The first-order valence-corrected chi connectivity index (χ1v) is 9.04. The summed E-state index contributed by atoms with van der Waals surface area (Å²) in [4.78, 5) is 11.7. The van der Waals surface area contributed by atoms with E-state index in [0.29, 0.717) is 30.3 Å². The standard InChI is InChI=1S/C21H25NO5/c1-4-26-21(23)14-5-7-16(8-6-14)27-13-18-17-12-20(25-3)19(24-2)11-15(17)9-10-22-18/h5-8,11-12,18,22H,4,9-10,13H2,1-3H3/t18-/m0/s1. The van der Waals surface area contributed by atoms with E-state index in [1.54, 1.807) is 45.4 Å². The number of ether oxygens (including phenoxy) is 4. The molecule has 6 heteroatoms. The normalized spacial score (nSPS) is 15.6. The summed E-state index contributed by atoms with van der Waals surface area (Å²) in [5.41, 5.74) is 2.90. The van der Waals surface area contributed by atoms with E-state index in [1.807, 2.05) is 12.1 Å². The first-order valence-electron chi connectivity index (χ1n) is 9.04. The van der Waals surface area contributed by atoms with Gasteiger partial charge in [0.2, 0.25) is 0 Å². The summed E-state index contributed by atoms with van der Waals surface area (Å²) in [6, 6.07) is 11.1. The molecule has 0 fully saturated rings. The molecule has 0 amide bonds. The molecule has 2 aromatic carbocycles. The van der Waals surface area contributed by atoms with Crippen molar-refractivity contribution in [2.75, 3.05) is 34.0 Å². The molecule has 1 N–H and O–H groups in total. The number of carbonyl (C=O) groups is 1. The Hall–Kier alpha value is -2.73. The quantitative estimate of drug-likeness (QED) is 0.755. The van der Waals surface area contributed by atoms with Crippen molar-refractivity contribution >= 4 is 5.97 Å². The molecule has 27 heavy (non-hydrogen) atoms. The molecule has 1 aliphatic heterocycles. The van der Waals surface area contributed by atoms with E-state index in [0.717, 1.165) is 24.3 Å². The SMILES string of the molecule is CCOC(=O)c1ccc(OC[C@@H]2NCCc3cc(OC)c(OC)cc32)cc1.